The Labute approximate surface area is 176 Å². The number of ether oxygens (including phenoxy) is 1. The molecular formula is C23H27N5O2. The highest BCUT2D eigenvalue weighted by Gasteiger charge is 2.37. The maximum absolute atomic E-state index is 12.5. The summed E-state index contributed by atoms with van der Waals surface area (Å²) in [6.07, 6.45) is 9.73. The molecule has 2 aliphatic rings. The number of hydrogen-bond acceptors (Lipinski definition) is 4. The number of fused-ring (bicyclic) bond motifs is 1. The zero-order valence-electron chi connectivity index (χ0n) is 17.5. The Hall–Kier alpha value is -2.93. The highest BCUT2D eigenvalue weighted by Crippen LogP contribution is 2.35. The Bertz CT molecular complexity index is 1080. The van der Waals surface area contributed by atoms with Gasteiger partial charge in [0.25, 0.3) is 0 Å². The van der Waals surface area contributed by atoms with E-state index in [9.17, 15) is 4.79 Å². The molecule has 30 heavy (non-hydrogen) atoms. The van der Waals surface area contributed by atoms with Crippen molar-refractivity contribution in [3.8, 4) is 11.1 Å². The number of carbonyl (C=O) groups excluding carboxylic acids is 1. The molecule has 2 saturated heterocycles. The van der Waals surface area contributed by atoms with Gasteiger partial charge in [0, 0.05) is 67.3 Å². The van der Waals surface area contributed by atoms with Crippen LogP contribution in [0.5, 0.6) is 0 Å². The van der Waals surface area contributed by atoms with Crippen molar-refractivity contribution in [3.05, 3.63) is 43.0 Å². The number of pyridine rings is 2. The molecule has 0 unspecified atom stereocenters. The number of carbonyl (C=O) groups is 1. The molecular weight excluding hydrogens is 378 g/mol. The van der Waals surface area contributed by atoms with Gasteiger partial charge < -0.3 is 14.2 Å². The number of amides is 2. The molecule has 1 N–H and O–H groups in total. The molecule has 5 heterocycles. The first kappa shape index (κ1) is 19.1. The van der Waals surface area contributed by atoms with Gasteiger partial charge in [-0.15, -0.1) is 0 Å². The topological polar surface area (TPSA) is 72.3 Å². The average Bonchev–Trinajstić information content (AvgIpc) is 3.12. The monoisotopic (exact) mass is 405 g/mol. The molecule has 3 aromatic rings. The number of aromatic nitrogens is 3. The molecule has 0 saturated carbocycles. The summed E-state index contributed by atoms with van der Waals surface area (Å²) in [5.41, 5.74) is 3.49. The normalized spacial score (nSPS) is 18.9. The number of rotatable bonds is 3. The van der Waals surface area contributed by atoms with E-state index in [2.05, 4.69) is 46.0 Å². The van der Waals surface area contributed by atoms with Gasteiger partial charge in [0.2, 0.25) is 0 Å². The highest BCUT2D eigenvalue weighted by atomic mass is 16.5. The van der Waals surface area contributed by atoms with Crippen molar-refractivity contribution in [2.45, 2.75) is 32.7 Å². The molecule has 2 amide bonds. The molecule has 0 radical (unpaired) electrons. The maximum Gasteiger partial charge on any atom is 0.323 e. The van der Waals surface area contributed by atoms with Crippen LogP contribution in [-0.2, 0) is 4.74 Å². The van der Waals surface area contributed by atoms with Crippen molar-refractivity contribution in [2.24, 2.45) is 5.41 Å². The summed E-state index contributed by atoms with van der Waals surface area (Å²) < 4.78 is 7.88. The number of urea groups is 1. The quantitative estimate of drug-likeness (QED) is 0.704. The fraction of sp³-hybridized carbons (Fsp3) is 0.435. The largest absolute Gasteiger partial charge is 0.381 e. The fourth-order valence-corrected chi connectivity index (χ4v) is 4.58. The minimum Gasteiger partial charge on any atom is -0.381 e. The van der Waals surface area contributed by atoms with Crippen LogP contribution in [0.2, 0.25) is 0 Å². The summed E-state index contributed by atoms with van der Waals surface area (Å²) in [6, 6.07) is 6.32. The molecule has 156 valence electrons. The van der Waals surface area contributed by atoms with E-state index in [1.165, 1.54) is 0 Å². The average molecular weight is 406 g/mol. The number of likely N-dealkylation sites (tertiary alicyclic amines) is 1. The number of nitrogens with zero attached hydrogens (tertiary/aromatic N) is 4. The minimum atomic E-state index is -0.0900. The molecule has 2 aliphatic heterocycles. The molecule has 0 aromatic carbocycles. The van der Waals surface area contributed by atoms with E-state index in [0.717, 1.165) is 61.2 Å². The van der Waals surface area contributed by atoms with Gasteiger partial charge in [0.05, 0.1) is 11.7 Å². The molecule has 0 aliphatic carbocycles. The predicted octanol–water partition coefficient (Wildman–Crippen LogP) is 4.32. The molecule has 5 rings (SSSR count). The van der Waals surface area contributed by atoms with E-state index in [-0.39, 0.29) is 11.4 Å². The third-order valence-electron chi connectivity index (χ3n) is 6.05. The second kappa shape index (κ2) is 7.40. The SMILES string of the molecule is CC1(C)CN(C(=O)Nc2cc(-c3cn(C4CCOCC4)c4cnccc34)ccn2)C1. The van der Waals surface area contributed by atoms with Gasteiger partial charge in [0.1, 0.15) is 5.82 Å². The second-order valence-electron chi connectivity index (χ2n) is 9.07. The Balaban J connectivity index is 1.44. The lowest BCUT2D eigenvalue weighted by Crippen LogP contribution is -2.56. The molecule has 2 fully saturated rings. The standard InChI is InChI=1S/C23H27N5O2/c1-23(2)14-27(15-23)22(29)26-21-11-16(3-8-25-21)19-13-28(17-5-9-30-10-6-17)20-12-24-7-4-18(19)20/h3-4,7-8,11-13,17H,5-6,9-10,14-15H2,1-2H3,(H,25,26,29). The second-order valence-corrected chi connectivity index (χ2v) is 9.07. The smallest absolute Gasteiger partial charge is 0.323 e. The van der Waals surface area contributed by atoms with Crippen molar-refractivity contribution in [2.75, 3.05) is 31.6 Å². The van der Waals surface area contributed by atoms with Gasteiger partial charge in [-0.25, -0.2) is 9.78 Å². The Kier molecular flexibility index (Phi) is 4.70. The van der Waals surface area contributed by atoms with Crippen molar-refractivity contribution in [3.63, 3.8) is 0 Å². The molecule has 0 atom stereocenters. The van der Waals surface area contributed by atoms with Crippen LogP contribution < -0.4 is 5.32 Å². The van der Waals surface area contributed by atoms with E-state index in [1.807, 2.05) is 29.4 Å². The van der Waals surface area contributed by atoms with Crippen molar-refractivity contribution >= 4 is 22.8 Å². The summed E-state index contributed by atoms with van der Waals surface area (Å²) in [7, 11) is 0. The summed E-state index contributed by atoms with van der Waals surface area (Å²) >= 11 is 0. The molecule has 7 nitrogen and oxygen atoms in total. The fourth-order valence-electron chi connectivity index (χ4n) is 4.58. The summed E-state index contributed by atoms with van der Waals surface area (Å²) in [4.78, 5) is 23.0. The lowest BCUT2D eigenvalue weighted by Gasteiger charge is -2.45. The third kappa shape index (κ3) is 3.54. The summed E-state index contributed by atoms with van der Waals surface area (Å²) in [5, 5.41) is 4.11. The highest BCUT2D eigenvalue weighted by molar-refractivity contribution is 5.97. The first-order valence-electron chi connectivity index (χ1n) is 10.5. The molecule has 0 spiro atoms. The van der Waals surface area contributed by atoms with Crippen LogP contribution in [0, 0.1) is 5.41 Å². The van der Waals surface area contributed by atoms with Gasteiger partial charge in [-0.05, 0) is 36.6 Å². The molecule has 0 bridgehead atoms. The Morgan fingerprint density at radius 2 is 2.00 bits per heavy atom. The van der Waals surface area contributed by atoms with E-state index in [4.69, 9.17) is 4.74 Å². The lowest BCUT2D eigenvalue weighted by atomic mass is 9.85. The third-order valence-corrected chi connectivity index (χ3v) is 6.05. The van der Waals surface area contributed by atoms with Gasteiger partial charge in [0.15, 0.2) is 0 Å². The Morgan fingerprint density at radius 1 is 1.20 bits per heavy atom. The van der Waals surface area contributed by atoms with Crippen molar-refractivity contribution in [1.82, 2.24) is 19.4 Å². The van der Waals surface area contributed by atoms with Crippen LogP contribution >= 0.6 is 0 Å². The van der Waals surface area contributed by atoms with Crippen LogP contribution in [0.4, 0.5) is 10.6 Å². The summed E-state index contributed by atoms with van der Waals surface area (Å²) in [5.74, 6) is 0.572. The van der Waals surface area contributed by atoms with Crippen LogP contribution in [0.1, 0.15) is 32.7 Å². The van der Waals surface area contributed by atoms with Gasteiger partial charge in [-0.3, -0.25) is 10.3 Å². The predicted molar refractivity (Wildman–Crippen MR) is 116 cm³/mol. The zero-order chi connectivity index (χ0) is 20.7. The van der Waals surface area contributed by atoms with E-state index in [0.29, 0.717) is 11.9 Å². The number of nitrogens with one attached hydrogen (secondary N) is 1. The van der Waals surface area contributed by atoms with E-state index in [1.54, 1.807) is 6.20 Å². The molecule has 7 heteroatoms. The number of hydrogen-bond donors (Lipinski definition) is 1. The van der Waals surface area contributed by atoms with Gasteiger partial charge in [-0.2, -0.15) is 0 Å². The van der Waals surface area contributed by atoms with Gasteiger partial charge >= 0.3 is 6.03 Å². The minimum absolute atomic E-state index is 0.0900. The van der Waals surface area contributed by atoms with Gasteiger partial charge in [-0.1, -0.05) is 13.8 Å². The first-order chi connectivity index (χ1) is 14.5. The van der Waals surface area contributed by atoms with Crippen LogP contribution in [0.3, 0.4) is 0 Å². The van der Waals surface area contributed by atoms with E-state index < -0.39 is 0 Å². The lowest BCUT2D eigenvalue weighted by molar-refractivity contribution is 0.0687. The summed E-state index contributed by atoms with van der Waals surface area (Å²) in [6.45, 7) is 7.45. The number of anilines is 1. The van der Waals surface area contributed by atoms with Crippen molar-refractivity contribution < 1.29 is 9.53 Å². The van der Waals surface area contributed by atoms with Crippen LogP contribution in [0.15, 0.2) is 43.0 Å². The maximum atomic E-state index is 12.5. The first-order valence-corrected chi connectivity index (χ1v) is 10.5. The van der Waals surface area contributed by atoms with E-state index >= 15 is 0 Å². The van der Waals surface area contributed by atoms with Crippen LogP contribution in [0.25, 0.3) is 22.0 Å². The van der Waals surface area contributed by atoms with Crippen LogP contribution in [-0.4, -0.2) is 51.8 Å². The zero-order valence-corrected chi connectivity index (χ0v) is 17.5. The molecule has 3 aromatic heterocycles. The Morgan fingerprint density at radius 3 is 2.77 bits per heavy atom. The van der Waals surface area contributed by atoms with Crippen molar-refractivity contribution in [1.29, 1.82) is 0 Å².